The number of nitrogens with one attached hydrogen (secondary N) is 1. The minimum atomic E-state index is 0.760. The highest BCUT2D eigenvalue weighted by atomic mass is 35.5. The molecule has 0 unspecified atom stereocenters. The average molecular weight is 329 g/mol. The van der Waals surface area contributed by atoms with E-state index in [4.69, 9.17) is 23.2 Å². The third-order valence-electron chi connectivity index (χ3n) is 3.05. The van der Waals surface area contributed by atoms with Crippen molar-refractivity contribution in [1.82, 2.24) is 5.32 Å². The molecule has 0 aliphatic heterocycles. The van der Waals surface area contributed by atoms with Crippen LogP contribution in [0.25, 0.3) is 0 Å². The number of anilines is 1. The van der Waals surface area contributed by atoms with Gasteiger partial charge in [-0.05, 0) is 36.4 Å². The van der Waals surface area contributed by atoms with E-state index in [0.29, 0.717) is 0 Å². The van der Waals surface area contributed by atoms with Gasteiger partial charge in [-0.25, -0.2) is 0 Å². The minimum Gasteiger partial charge on any atom is -0.369 e. The Kier molecular flexibility index (Phi) is 5.73. The lowest BCUT2D eigenvalue weighted by atomic mass is 10.1. The molecule has 108 valence electrons. The summed E-state index contributed by atoms with van der Waals surface area (Å²) < 4.78 is 0.826. The summed E-state index contributed by atoms with van der Waals surface area (Å²) in [5.41, 5.74) is 2.41. The van der Waals surface area contributed by atoms with Crippen molar-refractivity contribution >= 4 is 40.2 Å². The van der Waals surface area contributed by atoms with Gasteiger partial charge < -0.3 is 10.2 Å². The second-order valence-corrected chi connectivity index (χ2v) is 6.85. The van der Waals surface area contributed by atoms with Gasteiger partial charge in [0.15, 0.2) is 0 Å². The minimum absolute atomic E-state index is 0.760. The zero-order valence-corrected chi connectivity index (χ0v) is 13.9. The van der Waals surface area contributed by atoms with Crippen molar-refractivity contribution < 1.29 is 0 Å². The molecule has 0 radical (unpaired) electrons. The van der Waals surface area contributed by atoms with Crippen molar-refractivity contribution in [3.63, 3.8) is 0 Å². The number of nitrogens with zero attached hydrogens (tertiary/aromatic N) is 1. The summed E-state index contributed by atoms with van der Waals surface area (Å²) >= 11 is 13.7. The zero-order chi connectivity index (χ0) is 14.5. The Morgan fingerprint density at radius 2 is 2.00 bits per heavy atom. The van der Waals surface area contributed by atoms with Gasteiger partial charge in [0, 0.05) is 29.2 Å². The smallest absolute Gasteiger partial charge is 0.0931 e. The highest BCUT2D eigenvalue weighted by Gasteiger charge is 2.10. The molecule has 0 saturated heterocycles. The van der Waals surface area contributed by atoms with Crippen LogP contribution in [0.1, 0.15) is 17.4 Å². The van der Waals surface area contributed by atoms with E-state index in [9.17, 15) is 0 Å². The fraction of sp³-hybridized carbons (Fsp3) is 0.333. The van der Waals surface area contributed by atoms with Crippen LogP contribution in [0.15, 0.2) is 30.3 Å². The van der Waals surface area contributed by atoms with E-state index in [-0.39, 0.29) is 0 Å². The molecule has 20 heavy (non-hydrogen) atoms. The van der Waals surface area contributed by atoms with E-state index in [2.05, 4.69) is 36.3 Å². The van der Waals surface area contributed by atoms with Gasteiger partial charge in [-0.2, -0.15) is 0 Å². The van der Waals surface area contributed by atoms with Gasteiger partial charge >= 0.3 is 0 Å². The zero-order valence-electron chi connectivity index (χ0n) is 11.6. The van der Waals surface area contributed by atoms with E-state index < -0.39 is 0 Å². The Bertz CT molecular complexity index is 569. The van der Waals surface area contributed by atoms with Gasteiger partial charge in [0.2, 0.25) is 0 Å². The van der Waals surface area contributed by atoms with Gasteiger partial charge in [0.25, 0.3) is 0 Å². The van der Waals surface area contributed by atoms with Crippen molar-refractivity contribution in [2.75, 3.05) is 18.5 Å². The summed E-state index contributed by atoms with van der Waals surface area (Å²) in [6.07, 6.45) is 0. The van der Waals surface area contributed by atoms with E-state index in [1.165, 1.54) is 10.4 Å². The number of hydrogen-bond acceptors (Lipinski definition) is 3. The Balaban J connectivity index is 2.18. The molecule has 1 aromatic heterocycles. The molecule has 1 heterocycles. The summed E-state index contributed by atoms with van der Waals surface area (Å²) in [6, 6.07) is 10.0. The van der Waals surface area contributed by atoms with Crippen LogP contribution in [0.2, 0.25) is 9.36 Å². The molecule has 2 rings (SSSR count). The van der Waals surface area contributed by atoms with E-state index >= 15 is 0 Å². The predicted octanol–water partition coefficient (Wildman–Crippen LogP) is 4.80. The number of halogens is 2. The SMILES string of the molecule is CCNCc1ccc(Cl)cc1N(C)Cc1ccc(Cl)s1. The maximum Gasteiger partial charge on any atom is 0.0931 e. The first-order valence-electron chi connectivity index (χ1n) is 6.54. The fourth-order valence-electron chi connectivity index (χ4n) is 2.06. The second kappa shape index (κ2) is 7.32. The van der Waals surface area contributed by atoms with Crippen molar-refractivity contribution in [2.45, 2.75) is 20.0 Å². The molecular weight excluding hydrogens is 311 g/mol. The van der Waals surface area contributed by atoms with Crippen LogP contribution in [0.4, 0.5) is 5.69 Å². The number of benzene rings is 1. The number of hydrogen-bond donors (Lipinski definition) is 1. The number of rotatable bonds is 6. The molecule has 2 nitrogen and oxygen atoms in total. The Morgan fingerprint density at radius 1 is 1.20 bits per heavy atom. The van der Waals surface area contributed by atoms with Crippen LogP contribution in [0, 0.1) is 0 Å². The molecule has 0 atom stereocenters. The molecule has 5 heteroatoms. The normalized spacial score (nSPS) is 10.8. The maximum absolute atomic E-state index is 6.14. The number of thiophene rings is 1. The summed E-state index contributed by atoms with van der Waals surface area (Å²) in [4.78, 5) is 3.45. The largest absolute Gasteiger partial charge is 0.369 e. The fourth-order valence-corrected chi connectivity index (χ4v) is 3.36. The van der Waals surface area contributed by atoms with E-state index in [1.807, 2.05) is 18.2 Å². The van der Waals surface area contributed by atoms with Crippen molar-refractivity contribution in [3.8, 4) is 0 Å². The van der Waals surface area contributed by atoms with Gasteiger partial charge in [0.1, 0.15) is 0 Å². The van der Waals surface area contributed by atoms with Crippen LogP contribution in [0.5, 0.6) is 0 Å². The van der Waals surface area contributed by atoms with Crippen molar-refractivity contribution in [3.05, 3.63) is 50.1 Å². The first-order valence-corrected chi connectivity index (χ1v) is 8.12. The van der Waals surface area contributed by atoms with Gasteiger partial charge in [-0.3, -0.25) is 0 Å². The highest BCUT2D eigenvalue weighted by Crippen LogP contribution is 2.28. The average Bonchev–Trinajstić information content (AvgIpc) is 2.82. The molecule has 0 saturated carbocycles. The van der Waals surface area contributed by atoms with Gasteiger partial charge in [-0.1, -0.05) is 36.2 Å². The molecule has 0 bridgehead atoms. The van der Waals surface area contributed by atoms with E-state index in [0.717, 1.165) is 34.7 Å². The molecule has 1 aromatic carbocycles. The van der Waals surface area contributed by atoms with Crippen LogP contribution in [-0.4, -0.2) is 13.6 Å². The summed E-state index contributed by atoms with van der Waals surface area (Å²) in [6.45, 7) is 4.73. The third-order valence-corrected chi connectivity index (χ3v) is 4.50. The van der Waals surface area contributed by atoms with Crippen LogP contribution in [0.3, 0.4) is 0 Å². The second-order valence-electron chi connectivity index (χ2n) is 4.62. The predicted molar refractivity (Wildman–Crippen MR) is 90.3 cm³/mol. The lowest BCUT2D eigenvalue weighted by Crippen LogP contribution is -2.20. The molecule has 1 N–H and O–H groups in total. The highest BCUT2D eigenvalue weighted by molar-refractivity contribution is 7.16. The molecule has 0 amide bonds. The monoisotopic (exact) mass is 328 g/mol. The van der Waals surface area contributed by atoms with Crippen LogP contribution < -0.4 is 10.2 Å². The van der Waals surface area contributed by atoms with Crippen molar-refractivity contribution in [2.24, 2.45) is 0 Å². The first kappa shape index (κ1) is 15.6. The quantitative estimate of drug-likeness (QED) is 0.819. The summed E-state index contributed by atoms with van der Waals surface area (Å²) in [5, 5.41) is 4.12. The third kappa shape index (κ3) is 4.13. The van der Waals surface area contributed by atoms with E-state index in [1.54, 1.807) is 11.3 Å². The molecule has 0 aliphatic rings. The Morgan fingerprint density at radius 3 is 2.65 bits per heavy atom. The lowest BCUT2D eigenvalue weighted by molar-refractivity contribution is 0.723. The van der Waals surface area contributed by atoms with Crippen LogP contribution in [-0.2, 0) is 13.1 Å². The van der Waals surface area contributed by atoms with Gasteiger partial charge in [0.05, 0.1) is 10.9 Å². The lowest BCUT2D eigenvalue weighted by Gasteiger charge is -2.22. The Hall–Kier alpha value is -0.740. The Labute approximate surface area is 134 Å². The molecule has 0 fully saturated rings. The molecule has 0 spiro atoms. The molecular formula is C15H18Cl2N2S. The molecule has 2 aromatic rings. The maximum atomic E-state index is 6.14. The topological polar surface area (TPSA) is 15.3 Å². The van der Waals surface area contributed by atoms with Crippen LogP contribution >= 0.6 is 34.5 Å². The van der Waals surface area contributed by atoms with Crippen molar-refractivity contribution in [1.29, 1.82) is 0 Å². The van der Waals surface area contributed by atoms with Gasteiger partial charge in [-0.15, -0.1) is 11.3 Å². The molecule has 0 aliphatic carbocycles. The summed E-state index contributed by atoms with van der Waals surface area (Å²) in [7, 11) is 2.08. The summed E-state index contributed by atoms with van der Waals surface area (Å²) in [5.74, 6) is 0. The standard InChI is InChI=1S/C15H18Cl2N2S/c1-3-18-9-11-4-5-12(16)8-14(11)19(2)10-13-6-7-15(17)20-13/h4-8,18H,3,9-10H2,1-2H3. The first-order chi connectivity index (χ1) is 9.60.